The summed E-state index contributed by atoms with van der Waals surface area (Å²) in [5.74, 6) is 0. The highest BCUT2D eigenvalue weighted by Crippen LogP contribution is 2.27. The van der Waals surface area contributed by atoms with E-state index < -0.39 is 4.92 Å². The second-order valence-electron chi connectivity index (χ2n) is 5.24. The summed E-state index contributed by atoms with van der Waals surface area (Å²) in [5.41, 5.74) is 1.66. The van der Waals surface area contributed by atoms with Crippen LogP contribution in [0, 0.1) is 10.1 Å². The van der Waals surface area contributed by atoms with Crippen molar-refractivity contribution in [3.8, 4) is 0 Å². The summed E-state index contributed by atoms with van der Waals surface area (Å²) in [7, 11) is 0. The number of aromatic nitrogens is 2. The maximum Gasteiger partial charge on any atom is 0.322 e. The van der Waals surface area contributed by atoms with E-state index in [1.165, 1.54) is 12.3 Å². The molecule has 3 rings (SSSR count). The Morgan fingerprint density at radius 3 is 2.71 bits per heavy atom. The fourth-order valence-electron chi connectivity index (χ4n) is 2.49. The largest absolute Gasteiger partial charge is 0.322 e. The molecule has 1 aliphatic rings. The zero-order chi connectivity index (χ0) is 16.9. The number of para-hydroxylation sites is 1. The van der Waals surface area contributed by atoms with E-state index in [-0.39, 0.29) is 17.4 Å². The number of nitro groups is 1. The number of hydrogen-bond acceptors (Lipinski definition) is 5. The van der Waals surface area contributed by atoms with Crippen LogP contribution in [0.2, 0.25) is 0 Å². The topological polar surface area (TPSA) is 101 Å². The van der Waals surface area contributed by atoms with Gasteiger partial charge in [0.25, 0.3) is 5.69 Å². The molecule has 0 bridgehead atoms. The molecule has 1 aromatic heterocycles. The van der Waals surface area contributed by atoms with Crippen LogP contribution in [-0.4, -0.2) is 39.1 Å². The highest BCUT2D eigenvalue weighted by atomic mass is 16.6. The smallest absolute Gasteiger partial charge is 0.320 e. The minimum Gasteiger partial charge on any atom is -0.320 e. The SMILES string of the molecule is O=C(Nc1ccccc1)N1CC=C(c2nnccc2[N+](=O)[O-])CC1. The van der Waals surface area contributed by atoms with Gasteiger partial charge in [-0.3, -0.25) is 10.1 Å². The maximum atomic E-state index is 12.2. The van der Waals surface area contributed by atoms with Crippen molar-refractivity contribution >= 4 is 23.0 Å². The quantitative estimate of drug-likeness (QED) is 0.690. The number of benzene rings is 1. The zero-order valence-corrected chi connectivity index (χ0v) is 12.8. The highest BCUT2D eigenvalue weighted by Gasteiger charge is 2.23. The van der Waals surface area contributed by atoms with Crippen molar-refractivity contribution < 1.29 is 9.72 Å². The predicted octanol–water partition coefficient (Wildman–Crippen LogP) is 2.71. The van der Waals surface area contributed by atoms with E-state index in [1.807, 2.05) is 30.3 Å². The molecule has 0 spiro atoms. The average molecular weight is 325 g/mol. The molecule has 1 aromatic carbocycles. The van der Waals surface area contributed by atoms with E-state index in [0.717, 1.165) is 11.3 Å². The lowest BCUT2D eigenvalue weighted by Crippen LogP contribution is -2.38. The Balaban J connectivity index is 1.70. The molecule has 122 valence electrons. The Labute approximate surface area is 138 Å². The number of nitrogens with zero attached hydrogens (tertiary/aromatic N) is 4. The van der Waals surface area contributed by atoms with Gasteiger partial charge in [0.15, 0.2) is 5.69 Å². The first-order chi connectivity index (χ1) is 11.6. The number of hydrogen-bond donors (Lipinski definition) is 1. The van der Waals surface area contributed by atoms with E-state index in [4.69, 9.17) is 0 Å². The van der Waals surface area contributed by atoms with Gasteiger partial charge in [-0.25, -0.2) is 4.79 Å². The van der Waals surface area contributed by atoms with Gasteiger partial charge < -0.3 is 10.2 Å². The minimum absolute atomic E-state index is 0.0709. The molecule has 2 amide bonds. The average Bonchev–Trinajstić information content (AvgIpc) is 2.62. The summed E-state index contributed by atoms with van der Waals surface area (Å²) in [4.78, 5) is 24.5. The van der Waals surface area contributed by atoms with Gasteiger partial charge in [-0.1, -0.05) is 24.3 Å². The standard InChI is InChI=1S/C16H15N5O3/c22-16(18-13-4-2-1-3-5-13)20-10-7-12(8-11-20)15-14(21(23)24)6-9-17-19-15/h1-7,9H,8,10-11H2,(H,18,22). The monoisotopic (exact) mass is 325 g/mol. The molecular formula is C16H15N5O3. The Hall–Kier alpha value is -3.29. The van der Waals surface area contributed by atoms with Crippen LogP contribution in [0.4, 0.5) is 16.2 Å². The lowest BCUT2D eigenvalue weighted by molar-refractivity contribution is -0.385. The van der Waals surface area contributed by atoms with Crippen LogP contribution in [0.3, 0.4) is 0 Å². The molecule has 1 N–H and O–H groups in total. The fourth-order valence-corrected chi connectivity index (χ4v) is 2.49. The molecule has 24 heavy (non-hydrogen) atoms. The number of urea groups is 1. The van der Waals surface area contributed by atoms with Gasteiger partial charge in [-0.05, 0) is 24.1 Å². The van der Waals surface area contributed by atoms with Gasteiger partial charge in [0.1, 0.15) is 0 Å². The summed E-state index contributed by atoms with van der Waals surface area (Å²) in [6.45, 7) is 0.819. The molecule has 1 aliphatic heterocycles. The van der Waals surface area contributed by atoms with Crippen molar-refractivity contribution in [1.82, 2.24) is 15.1 Å². The van der Waals surface area contributed by atoms with Crippen LogP contribution >= 0.6 is 0 Å². The molecule has 0 saturated carbocycles. The van der Waals surface area contributed by atoms with Crippen LogP contribution in [0.15, 0.2) is 48.7 Å². The van der Waals surface area contributed by atoms with Crippen LogP contribution in [0.1, 0.15) is 12.1 Å². The van der Waals surface area contributed by atoms with Crippen molar-refractivity contribution in [3.63, 3.8) is 0 Å². The van der Waals surface area contributed by atoms with Crippen LogP contribution in [-0.2, 0) is 0 Å². The van der Waals surface area contributed by atoms with Gasteiger partial charge in [-0.15, -0.1) is 5.10 Å². The number of nitrogens with one attached hydrogen (secondary N) is 1. The van der Waals surface area contributed by atoms with Crippen LogP contribution < -0.4 is 5.32 Å². The second kappa shape index (κ2) is 6.86. The molecule has 0 atom stereocenters. The Morgan fingerprint density at radius 2 is 2.04 bits per heavy atom. The first-order valence-electron chi connectivity index (χ1n) is 7.41. The number of anilines is 1. The third-order valence-corrected chi connectivity index (χ3v) is 3.72. The van der Waals surface area contributed by atoms with Gasteiger partial charge in [0, 0.05) is 24.8 Å². The fraction of sp³-hybridized carbons (Fsp3) is 0.188. The number of amides is 2. The predicted molar refractivity (Wildman–Crippen MR) is 88.3 cm³/mol. The molecule has 2 heterocycles. The van der Waals surface area contributed by atoms with Crippen molar-refractivity contribution in [2.24, 2.45) is 0 Å². The van der Waals surface area contributed by atoms with Crippen molar-refractivity contribution in [2.45, 2.75) is 6.42 Å². The summed E-state index contributed by atoms with van der Waals surface area (Å²) < 4.78 is 0. The van der Waals surface area contributed by atoms with E-state index in [9.17, 15) is 14.9 Å². The Kier molecular flexibility index (Phi) is 4.46. The Morgan fingerprint density at radius 1 is 1.25 bits per heavy atom. The normalized spacial score (nSPS) is 14.0. The van der Waals surface area contributed by atoms with Crippen LogP contribution in [0.25, 0.3) is 5.57 Å². The van der Waals surface area contributed by atoms with Crippen LogP contribution in [0.5, 0.6) is 0 Å². The summed E-state index contributed by atoms with van der Waals surface area (Å²) in [5, 5.41) is 21.5. The van der Waals surface area contributed by atoms with Crippen molar-refractivity contribution in [2.75, 3.05) is 18.4 Å². The first kappa shape index (κ1) is 15.6. The molecule has 0 unspecified atom stereocenters. The molecule has 0 radical (unpaired) electrons. The molecule has 0 saturated heterocycles. The maximum absolute atomic E-state index is 12.2. The van der Waals surface area contributed by atoms with Crippen molar-refractivity contribution in [3.05, 3.63) is 64.5 Å². The highest BCUT2D eigenvalue weighted by molar-refractivity contribution is 5.90. The molecule has 8 nitrogen and oxygen atoms in total. The second-order valence-corrected chi connectivity index (χ2v) is 5.24. The lowest BCUT2D eigenvalue weighted by Gasteiger charge is -2.26. The van der Waals surface area contributed by atoms with Gasteiger partial charge in [0.2, 0.25) is 0 Å². The van der Waals surface area contributed by atoms with E-state index in [1.54, 1.807) is 11.0 Å². The molecule has 2 aromatic rings. The van der Waals surface area contributed by atoms with E-state index in [0.29, 0.717) is 19.5 Å². The van der Waals surface area contributed by atoms with E-state index >= 15 is 0 Å². The third-order valence-electron chi connectivity index (χ3n) is 3.72. The van der Waals surface area contributed by atoms with E-state index in [2.05, 4.69) is 15.5 Å². The van der Waals surface area contributed by atoms with Crippen molar-refractivity contribution in [1.29, 1.82) is 0 Å². The number of carbonyl (C=O) groups excluding carboxylic acids is 1. The zero-order valence-electron chi connectivity index (χ0n) is 12.8. The minimum atomic E-state index is -0.473. The number of rotatable bonds is 3. The molecular weight excluding hydrogens is 310 g/mol. The first-order valence-corrected chi connectivity index (χ1v) is 7.41. The van der Waals surface area contributed by atoms with Gasteiger partial charge in [0.05, 0.1) is 11.1 Å². The molecule has 8 heteroatoms. The lowest BCUT2D eigenvalue weighted by atomic mass is 10.0. The van der Waals surface area contributed by atoms with Gasteiger partial charge >= 0.3 is 6.03 Å². The molecule has 0 fully saturated rings. The van der Waals surface area contributed by atoms with Gasteiger partial charge in [-0.2, -0.15) is 5.10 Å². The molecule has 0 aliphatic carbocycles. The summed E-state index contributed by atoms with van der Waals surface area (Å²) in [6, 6.07) is 10.3. The number of carbonyl (C=O) groups is 1. The summed E-state index contributed by atoms with van der Waals surface area (Å²) in [6.07, 6.45) is 3.57. The summed E-state index contributed by atoms with van der Waals surface area (Å²) >= 11 is 0. The third kappa shape index (κ3) is 3.37. The Bertz CT molecular complexity index is 791.